The van der Waals surface area contributed by atoms with Crippen molar-refractivity contribution in [3.8, 4) is 0 Å². The molecule has 28 heavy (non-hydrogen) atoms. The summed E-state index contributed by atoms with van der Waals surface area (Å²) in [6, 6.07) is 18.4. The topological polar surface area (TPSA) is 87.7 Å². The summed E-state index contributed by atoms with van der Waals surface area (Å²) in [7, 11) is 0. The van der Waals surface area contributed by atoms with Crippen LogP contribution in [0.5, 0.6) is 0 Å². The number of carbonyl (C=O) groups excluding carboxylic acids is 2. The number of ether oxygens (including phenoxy) is 1. The minimum atomic E-state index is -0.619. The van der Waals surface area contributed by atoms with Gasteiger partial charge in [-0.15, -0.1) is 12.4 Å². The quantitative estimate of drug-likeness (QED) is 0.428. The van der Waals surface area contributed by atoms with Gasteiger partial charge in [0.1, 0.15) is 6.61 Å². The van der Waals surface area contributed by atoms with E-state index in [1.54, 1.807) is 17.6 Å². The molecule has 0 radical (unpaired) electrons. The molecule has 0 heterocycles. The first-order valence-electron chi connectivity index (χ1n) is 8.59. The van der Waals surface area contributed by atoms with Crippen LogP contribution in [0.3, 0.4) is 0 Å². The Morgan fingerprint density at radius 2 is 1.54 bits per heavy atom. The molecule has 7 heteroatoms. The fourth-order valence-electron chi connectivity index (χ4n) is 2.73. The summed E-state index contributed by atoms with van der Waals surface area (Å²) < 4.78 is 5.26. The highest BCUT2D eigenvalue weighted by atomic mass is 35.5. The van der Waals surface area contributed by atoms with Gasteiger partial charge in [-0.05, 0) is 58.7 Å². The Kier molecular flexibility index (Phi) is 7.37. The zero-order valence-electron chi connectivity index (χ0n) is 15.3. The van der Waals surface area contributed by atoms with Gasteiger partial charge in [0.05, 0.1) is 0 Å². The SMILES string of the molecule is CCc1ccc2cc(COC(=O)Nc3ccc(C(=O)NO)cc3)ccc2c1.Cl. The van der Waals surface area contributed by atoms with Crippen molar-refractivity contribution in [2.75, 3.05) is 5.32 Å². The molecule has 6 nitrogen and oxygen atoms in total. The lowest BCUT2D eigenvalue weighted by atomic mass is 10.0. The Morgan fingerprint density at radius 1 is 0.929 bits per heavy atom. The van der Waals surface area contributed by atoms with Crippen molar-refractivity contribution in [3.05, 3.63) is 77.4 Å². The van der Waals surface area contributed by atoms with Gasteiger partial charge in [-0.1, -0.05) is 37.3 Å². The first-order valence-corrected chi connectivity index (χ1v) is 8.59. The van der Waals surface area contributed by atoms with Crippen molar-refractivity contribution in [1.29, 1.82) is 0 Å². The minimum absolute atomic E-state index is 0. The molecule has 3 N–H and O–H groups in total. The predicted molar refractivity (Wildman–Crippen MR) is 110 cm³/mol. The Hall–Kier alpha value is -3.09. The van der Waals surface area contributed by atoms with Gasteiger partial charge in [-0.25, -0.2) is 10.3 Å². The second-order valence-corrected chi connectivity index (χ2v) is 6.09. The third-order valence-corrected chi connectivity index (χ3v) is 4.24. The normalized spacial score (nSPS) is 10.1. The molecule has 0 fully saturated rings. The summed E-state index contributed by atoms with van der Waals surface area (Å²) in [5, 5.41) is 13.4. The third-order valence-electron chi connectivity index (χ3n) is 4.24. The van der Waals surface area contributed by atoms with E-state index in [0.29, 0.717) is 5.69 Å². The number of halogens is 1. The van der Waals surface area contributed by atoms with Crippen LogP contribution in [0.15, 0.2) is 60.7 Å². The van der Waals surface area contributed by atoms with Crippen LogP contribution in [0.1, 0.15) is 28.4 Å². The van der Waals surface area contributed by atoms with E-state index < -0.39 is 12.0 Å². The summed E-state index contributed by atoms with van der Waals surface area (Å²) in [5.41, 5.74) is 4.50. The molecule has 0 bridgehead atoms. The summed E-state index contributed by atoms with van der Waals surface area (Å²) in [6.45, 7) is 2.28. The number of hydrogen-bond acceptors (Lipinski definition) is 4. The van der Waals surface area contributed by atoms with Gasteiger partial charge in [0, 0.05) is 11.3 Å². The van der Waals surface area contributed by atoms with Crippen molar-refractivity contribution < 1.29 is 19.5 Å². The Balaban J connectivity index is 0.00000280. The van der Waals surface area contributed by atoms with E-state index >= 15 is 0 Å². The summed E-state index contributed by atoms with van der Waals surface area (Å²) >= 11 is 0. The van der Waals surface area contributed by atoms with E-state index in [-0.39, 0.29) is 24.6 Å². The number of rotatable bonds is 5. The number of anilines is 1. The number of nitrogens with one attached hydrogen (secondary N) is 2. The highest BCUT2D eigenvalue weighted by molar-refractivity contribution is 5.94. The maximum Gasteiger partial charge on any atom is 0.411 e. The van der Waals surface area contributed by atoms with Crippen molar-refractivity contribution in [1.82, 2.24) is 5.48 Å². The highest BCUT2D eigenvalue weighted by Crippen LogP contribution is 2.19. The first kappa shape index (κ1) is 21.2. The minimum Gasteiger partial charge on any atom is -0.444 e. The number of benzene rings is 3. The smallest absolute Gasteiger partial charge is 0.411 e. The molecule has 3 rings (SSSR count). The maximum absolute atomic E-state index is 12.0. The van der Waals surface area contributed by atoms with Crippen LogP contribution in [-0.2, 0) is 17.8 Å². The van der Waals surface area contributed by atoms with Gasteiger partial charge in [-0.2, -0.15) is 0 Å². The largest absolute Gasteiger partial charge is 0.444 e. The number of hydrogen-bond donors (Lipinski definition) is 3. The number of amides is 2. The molecular weight excluding hydrogens is 380 g/mol. The van der Waals surface area contributed by atoms with Crippen molar-refractivity contribution in [3.63, 3.8) is 0 Å². The number of fused-ring (bicyclic) bond motifs is 1. The maximum atomic E-state index is 12.0. The van der Waals surface area contributed by atoms with Crippen LogP contribution in [-0.4, -0.2) is 17.2 Å². The monoisotopic (exact) mass is 400 g/mol. The molecule has 0 unspecified atom stereocenters. The summed E-state index contributed by atoms with van der Waals surface area (Å²) in [5.74, 6) is -0.619. The molecule has 0 aliphatic carbocycles. The second-order valence-electron chi connectivity index (χ2n) is 6.09. The molecule has 0 aliphatic rings. The molecule has 2 amide bonds. The van der Waals surface area contributed by atoms with Crippen molar-refractivity contribution in [2.45, 2.75) is 20.0 Å². The molecule has 3 aromatic carbocycles. The van der Waals surface area contributed by atoms with Crippen LogP contribution >= 0.6 is 12.4 Å². The second kappa shape index (κ2) is 9.73. The Labute approximate surface area is 168 Å². The number of hydroxylamine groups is 1. The van der Waals surface area contributed by atoms with Gasteiger partial charge in [0.2, 0.25) is 0 Å². The lowest BCUT2D eigenvalue weighted by Crippen LogP contribution is -2.18. The van der Waals surface area contributed by atoms with E-state index in [9.17, 15) is 9.59 Å². The Bertz CT molecular complexity index is 974. The van der Waals surface area contributed by atoms with Gasteiger partial charge in [0.25, 0.3) is 5.91 Å². The average molecular weight is 401 g/mol. The number of aryl methyl sites for hydroxylation is 1. The molecule has 0 saturated carbocycles. The van der Waals surface area contributed by atoms with Gasteiger partial charge in [0.15, 0.2) is 0 Å². The average Bonchev–Trinajstić information content (AvgIpc) is 2.71. The lowest BCUT2D eigenvalue weighted by molar-refractivity contribution is 0.0706. The fourth-order valence-corrected chi connectivity index (χ4v) is 2.73. The van der Waals surface area contributed by atoms with E-state index in [0.717, 1.165) is 22.8 Å². The summed E-state index contributed by atoms with van der Waals surface area (Å²) in [6.07, 6.45) is 0.405. The van der Waals surface area contributed by atoms with Gasteiger partial charge in [-0.3, -0.25) is 15.3 Å². The van der Waals surface area contributed by atoms with Crippen LogP contribution in [0.4, 0.5) is 10.5 Å². The van der Waals surface area contributed by atoms with Crippen LogP contribution in [0.2, 0.25) is 0 Å². The van der Waals surface area contributed by atoms with E-state index in [4.69, 9.17) is 9.94 Å². The number of carbonyl (C=O) groups is 2. The molecule has 0 aromatic heterocycles. The molecule has 0 atom stereocenters. The van der Waals surface area contributed by atoms with Crippen LogP contribution < -0.4 is 10.8 Å². The highest BCUT2D eigenvalue weighted by Gasteiger charge is 2.07. The first-order chi connectivity index (χ1) is 13.1. The zero-order chi connectivity index (χ0) is 19.2. The molecule has 0 saturated heterocycles. The molecule has 0 spiro atoms. The zero-order valence-corrected chi connectivity index (χ0v) is 16.1. The molecule has 3 aromatic rings. The van der Waals surface area contributed by atoms with Crippen LogP contribution in [0, 0.1) is 0 Å². The van der Waals surface area contributed by atoms with Crippen LogP contribution in [0.25, 0.3) is 10.8 Å². The lowest BCUT2D eigenvalue weighted by Gasteiger charge is -2.09. The fraction of sp³-hybridized carbons (Fsp3) is 0.143. The standard InChI is InChI=1S/C21H20N2O4.ClH/c1-2-14-3-5-18-12-15(4-6-17(18)11-14)13-27-21(25)22-19-9-7-16(8-10-19)20(24)23-26;/h3-12,26H,2,13H2,1H3,(H,22,25)(H,23,24);1H. The molecular formula is C21H21ClN2O4. The van der Waals surface area contributed by atoms with E-state index in [1.807, 2.05) is 18.2 Å². The van der Waals surface area contributed by atoms with Gasteiger partial charge >= 0.3 is 6.09 Å². The van der Waals surface area contributed by atoms with Gasteiger partial charge < -0.3 is 4.74 Å². The molecule has 146 valence electrons. The van der Waals surface area contributed by atoms with Crippen molar-refractivity contribution >= 4 is 40.9 Å². The third kappa shape index (κ3) is 5.22. The van der Waals surface area contributed by atoms with E-state index in [2.05, 4.69) is 30.4 Å². The predicted octanol–water partition coefficient (Wildman–Crippen LogP) is 4.69. The van der Waals surface area contributed by atoms with E-state index in [1.165, 1.54) is 17.7 Å². The van der Waals surface area contributed by atoms with Crippen molar-refractivity contribution in [2.24, 2.45) is 0 Å². The summed E-state index contributed by atoms with van der Waals surface area (Å²) in [4.78, 5) is 23.2. The molecule has 0 aliphatic heterocycles. The Morgan fingerprint density at radius 3 is 2.14 bits per heavy atom.